The Morgan fingerprint density at radius 2 is 2.12 bits per heavy atom. The van der Waals surface area contributed by atoms with E-state index in [1.54, 1.807) is 0 Å². The summed E-state index contributed by atoms with van der Waals surface area (Å²) < 4.78 is 13.5. The Morgan fingerprint density at radius 1 is 1.35 bits per heavy atom. The third-order valence-corrected chi connectivity index (χ3v) is 3.96. The maximum atomic E-state index is 13.5. The van der Waals surface area contributed by atoms with Crippen LogP contribution in [0.5, 0.6) is 0 Å². The summed E-state index contributed by atoms with van der Waals surface area (Å²) in [4.78, 5) is 16.0. The van der Waals surface area contributed by atoms with Gasteiger partial charge in [-0.2, -0.15) is 0 Å². The fourth-order valence-corrected chi connectivity index (χ4v) is 2.55. The molecule has 0 spiro atoms. The largest absolute Gasteiger partial charge is 0.292 e. The monoisotopic (exact) mass is 235 g/mol. The van der Waals surface area contributed by atoms with E-state index in [4.69, 9.17) is 0 Å². The molecule has 0 aliphatic heterocycles. The number of Topliss-reactive ketones (excluding diaryl/α,β-unsaturated/α-hetero) is 1. The van der Waals surface area contributed by atoms with Gasteiger partial charge in [0.05, 0.1) is 0 Å². The summed E-state index contributed by atoms with van der Waals surface area (Å²) in [7, 11) is 0. The number of rotatable bonds is 2. The molecule has 0 saturated heterocycles. The Kier molecular flexibility index (Phi) is 3.55. The van der Waals surface area contributed by atoms with E-state index >= 15 is 0 Å². The van der Waals surface area contributed by atoms with Gasteiger partial charge in [0.1, 0.15) is 5.69 Å². The molecule has 1 saturated carbocycles. The van der Waals surface area contributed by atoms with E-state index in [2.05, 4.69) is 18.8 Å². The van der Waals surface area contributed by atoms with Crippen LogP contribution in [0.4, 0.5) is 4.39 Å². The zero-order chi connectivity index (χ0) is 12.4. The number of pyridine rings is 1. The first kappa shape index (κ1) is 12.2. The van der Waals surface area contributed by atoms with Crippen LogP contribution in [-0.2, 0) is 0 Å². The second-order valence-electron chi connectivity index (χ2n) is 5.16. The zero-order valence-corrected chi connectivity index (χ0v) is 10.3. The Bertz CT molecular complexity index is 418. The van der Waals surface area contributed by atoms with Gasteiger partial charge in [0.15, 0.2) is 11.6 Å². The summed E-state index contributed by atoms with van der Waals surface area (Å²) in [5, 5.41) is 0. The third kappa shape index (κ3) is 2.54. The second-order valence-corrected chi connectivity index (χ2v) is 5.16. The highest BCUT2D eigenvalue weighted by Gasteiger charge is 2.31. The maximum Gasteiger partial charge on any atom is 0.187 e. The van der Waals surface area contributed by atoms with Crippen molar-refractivity contribution in [3.63, 3.8) is 0 Å². The van der Waals surface area contributed by atoms with Crippen LogP contribution in [0.25, 0.3) is 0 Å². The van der Waals surface area contributed by atoms with Crippen LogP contribution in [0.1, 0.15) is 43.6 Å². The van der Waals surface area contributed by atoms with Crippen LogP contribution in [0.3, 0.4) is 0 Å². The minimum absolute atomic E-state index is 0.0132. The zero-order valence-electron chi connectivity index (χ0n) is 10.3. The minimum Gasteiger partial charge on any atom is -0.292 e. The summed E-state index contributed by atoms with van der Waals surface area (Å²) in [6.45, 7) is 4.38. The molecule has 1 aromatic heterocycles. The van der Waals surface area contributed by atoms with Crippen molar-refractivity contribution >= 4 is 5.78 Å². The molecule has 0 N–H and O–H groups in total. The predicted molar refractivity (Wildman–Crippen MR) is 64.2 cm³/mol. The summed E-state index contributed by atoms with van der Waals surface area (Å²) in [5.74, 6) is 0.522. The van der Waals surface area contributed by atoms with Crippen molar-refractivity contribution in [3.8, 4) is 0 Å². The van der Waals surface area contributed by atoms with Gasteiger partial charge in [0.25, 0.3) is 0 Å². The summed E-state index contributed by atoms with van der Waals surface area (Å²) >= 11 is 0. The topological polar surface area (TPSA) is 30.0 Å². The average molecular weight is 235 g/mol. The van der Waals surface area contributed by atoms with Crippen LogP contribution in [-0.4, -0.2) is 10.8 Å². The minimum atomic E-state index is -0.497. The molecule has 0 amide bonds. The normalized spacial score (nSPS) is 29.0. The number of hydrogen-bond donors (Lipinski definition) is 0. The summed E-state index contributed by atoms with van der Waals surface area (Å²) in [6.07, 6.45) is 4.24. The molecule has 0 aromatic carbocycles. The van der Waals surface area contributed by atoms with Gasteiger partial charge < -0.3 is 0 Å². The lowest BCUT2D eigenvalue weighted by Crippen LogP contribution is -2.27. The van der Waals surface area contributed by atoms with Crippen LogP contribution in [0.2, 0.25) is 0 Å². The van der Waals surface area contributed by atoms with Crippen molar-refractivity contribution in [2.45, 2.75) is 33.1 Å². The van der Waals surface area contributed by atoms with Gasteiger partial charge in [-0.15, -0.1) is 0 Å². The summed E-state index contributed by atoms with van der Waals surface area (Å²) in [6, 6.07) is 2.81. The Morgan fingerprint density at radius 3 is 2.76 bits per heavy atom. The number of aromatic nitrogens is 1. The highest BCUT2D eigenvalue weighted by atomic mass is 19.1. The molecular weight excluding hydrogens is 217 g/mol. The van der Waals surface area contributed by atoms with Gasteiger partial charge in [-0.05, 0) is 43.2 Å². The Balaban J connectivity index is 2.14. The molecule has 2 nitrogen and oxygen atoms in total. The van der Waals surface area contributed by atoms with E-state index in [0.717, 1.165) is 19.3 Å². The Labute approximate surface area is 101 Å². The SMILES string of the molecule is CC1CCC(C(=O)c2ncccc2F)CC1C. The predicted octanol–water partition coefficient (Wildman–Crippen LogP) is 3.48. The fourth-order valence-electron chi connectivity index (χ4n) is 2.55. The Hall–Kier alpha value is -1.25. The molecule has 1 aliphatic rings. The van der Waals surface area contributed by atoms with Crippen LogP contribution >= 0.6 is 0 Å². The molecule has 3 unspecified atom stereocenters. The van der Waals surface area contributed by atoms with Crippen molar-refractivity contribution in [1.82, 2.24) is 4.98 Å². The van der Waals surface area contributed by atoms with Crippen LogP contribution in [0, 0.1) is 23.6 Å². The lowest BCUT2D eigenvalue weighted by atomic mass is 9.74. The standard InChI is InChI=1S/C14H18FNO/c1-9-5-6-11(8-10(9)2)14(17)13-12(15)4-3-7-16-13/h3-4,7,9-11H,5-6,8H2,1-2H3. The molecule has 17 heavy (non-hydrogen) atoms. The molecule has 0 bridgehead atoms. The lowest BCUT2D eigenvalue weighted by Gasteiger charge is -2.30. The molecular formula is C14H18FNO. The molecule has 1 aliphatic carbocycles. The van der Waals surface area contributed by atoms with Gasteiger partial charge >= 0.3 is 0 Å². The van der Waals surface area contributed by atoms with Crippen molar-refractivity contribution in [1.29, 1.82) is 0 Å². The number of ketones is 1. The highest BCUT2D eigenvalue weighted by molar-refractivity contribution is 5.96. The lowest BCUT2D eigenvalue weighted by molar-refractivity contribution is 0.0827. The van der Waals surface area contributed by atoms with Gasteiger partial charge in [0, 0.05) is 12.1 Å². The van der Waals surface area contributed by atoms with Gasteiger partial charge in [0.2, 0.25) is 0 Å². The quantitative estimate of drug-likeness (QED) is 0.735. The van der Waals surface area contributed by atoms with E-state index in [-0.39, 0.29) is 17.4 Å². The number of halogens is 1. The first-order valence-electron chi connectivity index (χ1n) is 6.24. The second kappa shape index (κ2) is 4.94. The van der Waals surface area contributed by atoms with Gasteiger partial charge in [-0.3, -0.25) is 9.78 Å². The first-order valence-corrected chi connectivity index (χ1v) is 6.24. The van der Waals surface area contributed by atoms with E-state index in [1.807, 2.05) is 0 Å². The van der Waals surface area contributed by atoms with E-state index in [1.165, 1.54) is 18.3 Å². The van der Waals surface area contributed by atoms with Crippen LogP contribution < -0.4 is 0 Å². The fraction of sp³-hybridized carbons (Fsp3) is 0.571. The number of carbonyl (C=O) groups excluding carboxylic acids is 1. The van der Waals surface area contributed by atoms with E-state index < -0.39 is 5.82 Å². The van der Waals surface area contributed by atoms with E-state index in [0.29, 0.717) is 11.8 Å². The first-order chi connectivity index (χ1) is 8.09. The molecule has 1 aromatic rings. The number of carbonyl (C=O) groups is 1. The van der Waals surface area contributed by atoms with Gasteiger partial charge in [-0.25, -0.2) is 4.39 Å². The number of nitrogens with zero attached hydrogens (tertiary/aromatic N) is 1. The van der Waals surface area contributed by atoms with E-state index in [9.17, 15) is 9.18 Å². The molecule has 0 radical (unpaired) electrons. The molecule has 92 valence electrons. The van der Waals surface area contributed by atoms with Crippen molar-refractivity contribution < 1.29 is 9.18 Å². The van der Waals surface area contributed by atoms with Crippen molar-refractivity contribution in [2.24, 2.45) is 17.8 Å². The third-order valence-electron chi connectivity index (χ3n) is 3.96. The maximum absolute atomic E-state index is 13.5. The molecule has 1 heterocycles. The molecule has 3 heteroatoms. The molecule has 3 atom stereocenters. The van der Waals surface area contributed by atoms with Gasteiger partial charge in [-0.1, -0.05) is 13.8 Å². The van der Waals surface area contributed by atoms with Crippen molar-refractivity contribution in [2.75, 3.05) is 0 Å². The van der Waals surface area contributed by atoms with Crippen LogP contribution in [0.15, 0.2) is 18.3 Å². The molecule has 1 fully saturated rings. The smallest absolute Gasteiger partial charge is 0.187 e. The number of hydrogen-bond acceptors (Lipinski definition) is 2. The van der Waals surface area contributed by atoms with Crippen molar-refractivity contribution in [3.05, 3.63) is 29.8 Å². The average Bonchev–Trinajstić information content (AvgIpc) is 2.32. The highest BCUT2D eigenvalue weighted by Crippen LogP contribution is 2.34. The summed E-state index contributed by atoms with van der Waals surface area (Å²) in [5.41, 5.74) is 0.0132. The molecule has 2 rings (SSSR count).